The summed E-state index contributed by atoms with van der Waals surface area (Å²) in [7, 11) is 0. The number of carbonyl (C=O) groups excluding carboxylic acids is 1. The van der Waals surface area contributed by atoms with E-state index >= 15 is 0 Å². The first kappa shape index (κ1) is 21.1. The molecular formula is C24H20N6O4. The van der Waals surface area contributed by atoms with Crippen LogP contribution >= 0.6 is 0 Å². The van der Waals surface area contributed by atoms with Crippen LogP contribution in [0.4, 0.5) is 17.3 Å². The monoisotopic (exact) mass is 456 g/mol. The number of furan rings is 1. The molecule has 2 aromatic carbocycles. The highest BCUT2D eigenvalue weighted by Crippen LogP contribution is 2.37. The molecule has 1 atom stereocenters. The maximum absolute atomic E-state index is 13.4. The molecule has 0 bridgehead atoms. The zero-order valence-electron chi connectivity index (χ0n) is 18.4. The molecule has 0 radical (unpaired) electrons. The normalized spacial score (nSPS) is 14.9. The molecule has 2 aromatic heterocycles. The lowest BCUT2D eigenvalue weighted by Gasteiger charge is -2.27. The van der Waals surface area contributed by atoms with Gasteiger partial charge in [-0.25, -0.2) is 4.68 Å². The smallest absolute Gasteiger partial charge is 0.270 e. The van der Waals surface area contributed by atoms with Crippen LogP contribution in [0.5, 0.6) is 0 Å². The van der Waals surface area contributed by atoms with Crippen molar-refractivity contribution in [3.05, 3.63) is 99.6 Å². The lowest BCUT2D eigenvalue weighted by molar-refractivity contribution is -0.384. The topological polar surface area (TPSA) is 128 Å². The number of benzene rings is 2. The molecule has 0 aliphatic carbocycles. The van der Waals surface area contributed by atoms with E-state index in [1.807, 2.05) is 31.2 Å². The summed E-state index contributed by atoms with van der Waals surface area (Å²) >= 11 is 0. The number of non-ortho nitro benzene ring substituents is 1. The van der Waals surface area contributed by atoms with Gasteiger partial charge in [0, 0.05) is 29.1 Å². The summed E-state index contributed by atoms with van der Waals surface area (Å²) in [4.78, 5) is 28.7. The van der Waals surface area contributed by atoms with E-state index < -0.39 is 11.0 Å². The van der Waals surface area contributed by atoms with E-state index in [9.17, 15) is 14.9 Å². The number of allylic oxidation sites excluding steroid dienone is 1. The number of hydrogen-bond donors (Lipinski definition) is 2. The Morgan fingerprint density at radius 2 is 1.91 bits per heavy atom. The molecule has 0 spiro atoms. The minimum atomic E-state index is -0.686. The van der Waals surface area contributed by atoms with Crippen LogP contribution in [0.1, 0.15) is 24.5 Å². The largest absolute Gasteiger partial charge is 0.464 e. The predicted molar refractivity (Wildman–Crippen MR) is 125 cm³/mol. The summed E-state index contributed by atoms with van der Waals surface area (Å²) in [5.74, 6) is 1.59. The summed E-state index contributed by atoms with van der Waals surface area (Å²) in [5, 5.41) is 21.9. The van der Waals surface area contributed by atoms with Gasteiger partial charge in [-0.3, -0.25) is 14.9 Å². The van der Waals surface area contributed by atoms with Crippen molar-refractivity contribution in [2.24, 2.45) is 0 Å². The van der Waals surface area contributed by atoms with E-state index in [-0.39, 0.29) is 17.4 Å². The molecule has 1 aliphatic rings. The third kappa shape index (κ3) is 3.81. The highest BCUT2D eigenvalue weighted by atomic mass is 16.6. The van der Waals surface area contributed by atoms with E-state index in [2.05, 4.69) is 20.7 Å². The second kappa shape index (κ2) is 8.32. The number of nitro groups is 1. The third-order valence-electron chi connectivity index (χ3n) is 5.47. The molecule has 170 valence electrons. The van der Waals surface area contributed by atoms with Gasteiger partial charge < -0.3 is 15.1 Å². The number of aromatic nitrogens is 3. The Bertz CT molecular complexity index is 1440. The van der Waals surface area contributed by atoms with E-state index in [1.54, 1.807) is 41.9 Å². The highest BCUT2D eigenvalue weighted by Gasteiger charge is 2.36. The predicted octanol–water partition coefficient (Wildman–Crippen LogP) is 4.68. The number of para-hydroxylation sites is 1. The second-order valence-corrected chi connectivity index (χ2v) is 7.85. The molecule has 2 N–H and O–H groups in total. The number of aryl methyl sites for hydroxylation is 1. The van der Waals surface area contributed by atoms with Gasteiger partial charge in [0.15, 0.2) is 5.82 Å². The van der Waals surface area contributed by atoms with Crippen molar-refractivity contribution < 1.29 is 14.1 Å². The van der Waals surface area contributed by atoms with Crippen LogP contribution in [0.15, 0.2) is 82.4 Å². The quantitative estimate of drug-likeness (QED) is 0.329. The van der Waals surface area contributed by atoms with Gasteiger partial charge in [0.25, 0.3) is 11.6 Å². The number of nitrogens with one attached hydrogen (secondary N) is 2. The number of rotatable bonds is 5. The van der Waals surface area contributed by atoms with Crippen molar-refractivity contribution in [1.29, 1.82) is 0 Å². The van der Waals surface area contributed by atoms with Gasteiger partial charge >= 0.3 is 0 Å². The number of amides is 1. The highest BCUT2D eigenvalue weighted by molar-refractivity contribution is 6.05. The van der Waals surface area contributed by atoms with Crippen molar-refractivity contribution in [1.82, 2.24) is 14.8 Å². The SMILES string of the molecule is CC1=C(C(=O)Nc2ccccc2)C(c2ccc(C)o2)n2nc(-c3cccc([N+](=O)[O-])c3)nc2N1. The Labute approximate surface area is 194 Å². The Morgan fingerprint density at radius 3 is 2.62 bits per heavy atom. The summed E-state index contributed by atoms with van der Waals surface area (Å²) in [5.41, 5.74) is 2.09. The molecule has 0 fully saturated rings. The molecule has 5 rings (SSSR count). The van der Waals surface area contributed by atoms with E-state index in [4.69, 9.17) is 4.42 Å². The summed E-state index contributed by atoms with van der Waals surface area (Å²) in [6.45, 7) is 3.61. The lowest BCUT2D eigenvalue weighted by Crippen LogP contribution is -2.31. The van der Waals surface area contributed by atoms with Crippen LogP contribution in [0.2, 0.25) is 0 Å². The summed E-state index contributed by atoms with van der Waals surface area (Å²) < 4.78 is 7.47. The minimum absolute atomic E-state index is 0.0614. The molecule has 0 saturated carbocycles. The van der Waals surface area contributed by atoms with Gasteiger partial charge in [0.05, 0.1) is 10.5 Å². The Balaban J connectivity index is 1.59. The van der Waals surface area contributed by atoms with Crippen LogP contribution in [0.25, 0.3) is 11.4 Å². The fraction of sp³-hybridized carbons (Fsp3) is 0.125. The first-order valence-electron chi connectivity index (χ1n) is 10.5. The Kier molecular flexibility index (Phi) is 5.17. The number of fused-ring (bicyclic) bond motifs is 1. The van der Waals surface area contributed by atoms with Gasteiger partial charge in [0.1, 0.15) is 17.6 Å². The van der Waals surface area contributed by atoms with Crippen LogP contribution < -0.4 is 10.6 Å². The second-order valence-electron chi connectivity index (χ2n) is 7.85. The molecule has 0 saturated heterocycles. The van der Waals surface area contributed by atoms with Crippen LogP contribution in [-0.2, 0) is 4.79 Å². The van der Waals surface area contributed by atoms with Gasteiger partial charge in [-0.15, -0.1) is 5.10 Å². The van der Waals surface area contributed by atoms with Crippen molar-refractivity contribution in [3.63, 3.8) is 0 Å². The average molecular weight is 456 g/mol. The maximum atomic E-state index is 13.4. The van der Waals surface area contributed by atoms with Gasteiger partial charge in [-0.05, 0) is 38.1 Å². The van der Waals surface area contributed by atoms with Gasteiger partial charge in [0.2, 0.25) is 5.95 Å². The average Bonchev–Trinajstić information content (AvgIpc) is 3.45. The lowest BCUT2D eigenvalue weighted by atomic mass is 10.00. The molecule has 4 aromatic rings. The van der Waals surface area contributed by atoms with Crippen LogP contribution in [0.3, 0.4) is 0 Å². The number of hydrogen-bond acceptors (Lipinski definition) is 7. The number of nitrogens with zero attached hydrogens (tertiary/aromatic N) is 4. The summed E-state index contributed by atoms with van der Waals surface area (Å²) in [6.07, 6.45) is 0. The fourth-order valence-electron chi connectivity index (χ4n) is 3.91. The molecule has 10 heteroatoms. The van der Waals surface area contributed by atoms with Crippen LogP contribution in [-0.4, -0.2) is 25.6 Å². The fourth-order valence-corrected chi connectivity index (χ4v) is 3.91. The minimum Gasteiger partial charge on any atom is -0.464 e. The number of nitro benzene ring substituents is 1. The van der Waals surface area contributed by atoms with E-state index in [0.717, 1.165) is 0 Å². The van der Waals surface area contributed by atoms with Gasteiger partial charge in [-0.2, -0.15) is 4.98 Å². The number of carbonyl (C=O) groups is 1. The number of anilines is 2. The van der Waals surface area contributed by atoms with Crippen molar-refractivity contribution in [3.8, 4) is 11.4 Å². The molecule has 10 nitrogen and oxygen atoms in total. The first-order chi connectivity index (χ1) is 16.4. The van der Waals surface area contributed by atoms with Crippen molar-refractivity contribution >= 4 is 23.2 Å². The van der Waals surface area contributed by atoms with Crippen LogP contribution in [0, 0.1) is 17.0 Å². The molecule has 1 unspecified atom stereocenters. The van der Waals surface area contributed by atoms with Crippen molar-refractivity contribution in [2.75, 3.05) is 10.6 Å². The Morgan fingerprint density at radius 1 is 1.12 bits per heavy atom. The van der Waals surface area contributed by atoms with Gasteiger partial charge in [-0.1, -0.05) is 30.3 Å². The molecular weight excluding hydrogens is 436 g/mol. The third-order valence-corrected chi connectivity index (χ3v) is 5.47. The molecule has 3 heterocycles. The van der Waals surface area contributed by atoms with E-state index in [0.29, 0.717) is 40.0 Å². The molecule has 1 amide bonds. The molecule has 34 heavy (non-hydrogen) atoms. The van der Waals surface area contributed by atoms with E-state index in [1.165, 1.54) is 12.1 Å². The summed E-state index contributed by atoms with van der Waals surface area (Å²) in [6, 6.07) is 18.2. The first-order valence-corrected chi connectivity index (χ1v) is 10.5. The maximum Gasteiger partial charge on any atom is 0.270 e. The molecule has 1 aliphatic heterocycles. The van der Waals surface area contributed by atoms with Crippen molar-refractivity contribution in [2.45, 2.75) is 19.9 Å². The Hall–Kier alpha value is -4.73. The zero-order chi connectivity index (χ0) is 23.8. The standard InChI is InChI=1S/C24H20N6O4/c1-14-11-12-19(34-14)21-20(23(31)26-17-8-4-3-5-9-17)15(2)25-24-27-22(28-29(21)24)16-7-6-10-18(13-16)30(32)33/h3-13,21H,1-2H3,(H,26,31)(H,25,27,28). The zero-order valence-corrected chi connectivity index (χ0v) is 18.4.